The first-order valence-corrected chi connectivity index (χ1v) is 11.4. The maximum Gasteiger partial charge on any atom is 0.296 e. The van der Waals surface area contributed by atoms with Crippen molar-refractivity contribution in [2.75, 3.05) is 4.90 Å². The van der Waals surface area contributed by atoms with Crippen molar-refractivity contribution >= 4 is 49.3 Å². The number of thiazole rings is 1. The highest BCUT2D eigenvalue weighted by atomic mass is 32.1. The minimum atomic E-state index is -0.877. The van der Waals surface area contributed by atoms with Gasteiger partial charge in [0.15, 0.2) is 16.7 Å². The second kappa shape index (κ2) is 7.64. The van der Waals surface area contributed by atoms with Crippen LogP contribution in [0.15, 0.2) is 88.8 Å². The fraction of sp³-hybridized carbons (Fsp3) is 0.0769. The van der Waals surface area contributed by atoms with E-state index in [1.165, 1.54) is 16.2 Å². The second-order valence-corrected chi connectivity index (χ2v) is 9.07. The van der Waals surface area contributed by atoms with Crippen LogP contribution in [0.25, 0.3) is 21.2 Å². The third kappa shape index (κ3) is 3.11. The van der Waals surface area contributed by atoms with Crippen LogP contribution < -0.4 is 4.90 Å². The van der Waals surface area contributed by atoms with Crippen LogP contribution in [0.1, 0.15) is 27.7 Å². The molecule has 6 rings (SSSR count). The average Bonchev–Trinajstić information content (AvgIpc) is 3.53. The molecule has 1 aliphatic heterocycles. The number of rotatable bonds is 4. The zero-order valence-electron chi connectivity index (χ0n) is 17.9. The maximum absolute atomic E-state index is 13.6. The van der Waals surface area contributed by atoms with E-state index in [0.717, 1.165) is 21.2 Å². The molecular weight excluding hydrogens is 450 g/mol. The Morgan fingerprint density at radius 1 is 1.09 bits per heavy atom. The number of aromatic nitrogens is 2. The first-order chi connectivity index (χ1) is 16.5. The summed E-state index contributed by atoms with van der Waals surface area (Å²) in [5, 5.41) is 12.1. The van der Waals surface area contributed by atoms with Gasteiger partial charge in [-0.05, 0) is 54.4 Å². The number of carbonyl (C=O) groups excluding carboxylic acids is 2. The summed E-state index contributed by atoms with van der Waals surface area (Å²) >= 11 is 1.33. The van der Waals surface area contributed by atoms with Crippen LogP contribution in [-0.4, -0.2) is 26.8 Å². The number of hydrogen-bond acceptors (Lipinski definition) is 7. The molecule has 1 unspecified atom stereocenters. The molecular formula is C26H17N3O4S. The highest BCUT2D eigenvalue weighted by Crippen LogP contribution is 2.44. The number of furan rings is 1. The molecule has 0 aliphatic carbocycles. The lowest BCUT2D eigenvalue weighted by atomic mass is 9.96. The molecule has 0 fully saturated rings. The van der Waals surface area contributed by atoms with E-state index in [0.29, 0.717) is 16.3 Å². The van der Waals surface area contributed by atoms with E-state index < -0.39 is 23.5 Å². The lowest BCUT2D eigenvalue weighted by Crippen LogP contribution is -2.30. The number of nitrogens with zero attached hydrogens (tertiary/aromatic N) is 3. The first kappa shape index (κ1) is 20.3. The zero-order valence-corrected chi connectivity index (χ0v) is 18.7. The first-order valence-electron chi connectivity index (χ1n) is 10.6. The Kier molecular flexibility index (Phi) is 4.56. The predicted molar refractivity (Wildman–Crippen MR) is 129 cm³/mol. The third-order valence-electron chi connectivity index (χ3n) is 5.86. The molecule has 166 valence electrons. The standard InChI is InChI=1S/C26H17N3O4S/c1-14-6-7-17-20(12-14)34-26(28-17)29-22(15-8-10-27-11-9-15)21(24(31)25(29)32)23(30)19-13-16-4-2-3-5-18(16)33-19/h2-13,22,31H,1H3. The highest BCUT2D eigenvalue weighted by Gasteiger charge is 2.46. The van der Waals surface area contributed by atoms with E-state index in [9.17, 15) is 14.7 Å². The summed E-state index contributed by atoms with van der Waals surface area (Å²) in [5.74, 6) is -1.79. The molecule has 1 N–H and O–H groups in total. The smallest absolute Gasteiger partial charge is 0.296 e. The molecule has 34 heavy (non-hydrogen) atoms. The van der Waals surface area contributed by atoms with Crippen LogP contribution in [0.3, 0.4) is 0 Å². The Labute approximate surface area is 197 Å². The summed E-state index contributed by atoms with van der Waals surface area (Å²) < 4.78 is 6.67. The molecule has 5 aromatic rings. The number of carbonyl (C=O) groups is 2. The van der Waals surface area contributed by atoms with Crippen molar-refractivity contribution in [2.24, 2.45) is 0 Å². The summed E-state index contributed by atoms with van der Waals surface area (Å²) in [6.45, 7) is 1.98. The van der Waals surface area contributed by atoms with Crippen LogP contribution in [0, 0.1) is 6.92 Å². The monoisotopic (exact) mass is 467 g/mol. The lowest BCUT2D eigenvalue weighted by Gasteiger charge is -2.24. The van der Waals surface area contributed by atoms with Gasteiger partial charge in [0.1, 0.15) is 5.58 Å². The fourth-order valence-electron chi connectivity index (χ4n) is 4.24. The minimum Gasteiger partial charge on any atom is -0.503 e. The van der Waals surface area contributed by atoms with E-state index in [1.807, 2.05) is 43.3 Å². The number of hydrogen-bond donors (Lipinski definition) is 1. The number of aliphatic hydroxyl groups excluding tert-OH is 1. The third-order valence-corrected chi connectivity index (χ3v) is 6.88. The Hall–Kier alpha value is -4.30. The van der Waals surface area contributed by atoms with Gasteiger partial charge in [0.2, 0.25) is 5.78 Å². The molecule has 1 amide bonds. The lowest BCUT2D eigenvalue weighted by molar-refractivity contribution is -0.117. The molecule has 0 radical (unpaired) electrons. The molecule has 7 nitrogen and oxygen atoms in total. The summed E-state index contributed by atoms with van der Waals surface area (Å²) in [6.07, 6.45) is 3.16. The van der Waals surface area contributed by atoms with E-state index in [-0.39, 0.29) is 11.3 Å². The van der Waals surface area contributed by atoms with Crippen molar-refractivity contribution in [3.8, 4) is 0 Å². The van der Waals surface area contributed by atoms with Gasteiger partial charge in [0.05, 0.1) is 21.8 Å². The number of amides is 1. The van der Waals surface area contributed by atoms with Crippen molar-refractivity contribution in [2.45, 2.75) is 13.0 Å². The average molecular weight is 468 g/mol. The number of fused-ring (bicyclic) bond motifs is 2. The van der Waals surface area contributed by atoms with Crippen molar-refractivity contribution in [1.29, 1.82) is 0 Å². The van der Waals surface area contributed by atoms with E-state index in [1.54, 1.807) is 36.7 Å². The van der Waals surface area contributed by atoms with Crippen molar-refractivity contribution < 1.29 is 19.1 Å². The number of anilines is 1. The molecule has 1 aliphatic rings. The number of para-hydroxylation sites is 1. The van der Waals surface area contributed by atoms with Crippen LogP contribution in [-0.2, 0) is 4.79 Å². The number of benzene rings is 2. The zero-order chi connectivity index (χ0) is 23.4. The molecule has 0 saturated carbocycles. The number of aryl methyl sites for hydroxylation is 1. The minimum absolute atomic E-state index is 0.0503. The quantitative estimate of drug-likeness (QED) is 0.349. The Morgan fingerprint density at radius 2 is 1.88 bits per heavy atom. The molecule has 0 spiro atoms. The van der Waals surface area contributed by atoms with Gasteiger partial charge >= 0.3 is 0 Å². The van der Waals surface area contributed by atoms with E-state index >= 15 is 0 Å². The van der Waals surface area contributed by atoms with Gasteiger partial charge in [-0.3, -0.25) is 19.5 Å². The van der Waals surface area contributed by atoms with Crippen LogP contribution in [0.5, 0.6) is 0 Å². The van der Waals surface area contributed by atoms with Crippen LogP contribution in [0.4, 0.5) is 5.13 Å². The Balaban J connectivity index is 1.51. The highest BCUT2D eigenvalue weighted by molar-refractivity contribution is 7.22. The molecule has 1 atom stereocenters. The van der Waals surface area contributed by atoms with Gasteiger partial charge in [-0.25, -0.2) is 4.98 Å². The Morgan fingerprint density at radius 3 is 2.68 bits per heavy atom. The van der Waals surface area contributed by atoms with Crippen molar-refractivity contribution in [3.05, 3.63) is 101 Å². The Bertz CT molecular complexity index is 1600. The van der Waals surface area contributed by atoms with Crippen LogP contribution in [0.2, 0.25) is 0 Å². The summed E-state index contributed by atoms with van der Waals surface area (Å²) in [5.41, 5.74) is 2.94. The summed E-state index contributed by atoms with van der Waals surface area (Å²) in [7, 11) is 0. The topological polar surface area (TPSA) is 96.5 Å². The molecule has 2 aromatic carbocycles. The van der Waals surface area contributed by atoms with E-state index in [2.05, 4.69) is 9.97 Å². The normalized spacial score (nSPS) is 16.2. The van der Waals surface area contributed by atoms with Gasteiger partial charge in [-0.2, -0.15) is 0 Å². The van der Waals surface area contributed by atoms with Gasteiger partial charge in [-0.1, -0.05) is 35.6 Å². The number of ketones is 1. The summed E-state index contributed by atoms with van der Waals surface area (Å²) in [4.78, 5) is 37.0. The van der Waals surface area contributed by atoms with E-state index in [4.69, 9.17) is 4.42 Å². The fourth-order valence-corrected chi connectivity index (χ4v) is 5.34. The van der Waals surface area contributed by atoms with Gasteiger partial charge < -0.3 is 9.52 Å². The molecule has 8 heteroatoms. The van der Waals surface area contributed by atoms with Gasteiger partial charge in [0.25, 0.3) is 5.91 Å². The molecule has 0 saturated heterocycles. The molecule has 0 bridgehead atoms. The van der Waals surface area contributed by atoms with Gasteiger partial charge in [0, 0.05) is 17.8 Å². The van der Waals surface area contributed by atoms with Crippen molar-refractivity contribution in [3.63, 3.8) is 0 Å². The number of aliphatic hydroxyl groups is 1. The SMILES string of the molecule is Cc1ccc2nc(N3C(=O)C(O)=C(C(=O)c4cc5ccccc5o4)C3c3ccncc3)sc2c1. The maximum atomic E-state index is 13.6. The second-order valence-electron chi connectivity index (χ2n) is 8.07. The van der Waals surface area contributed by atoms with Crippen LogP contribution >= 0.6 is 11.3 Å². The molecule has 4 heterocycles. The number of pyridine rings is 1. The summed E-state index contributed by atoms with van der Waals surface area (Å²) in [6, 6.07) is 17.3. The molecule has 3 aromatic heterocycles. The van der Waals surface area contributed by atoms with Gasteiger partial charge in [-0.15, -0.1) is 0 Å². The number of Topliss-reactive ketones (excluding diaryl/α,β-unsaturated/α-hetero) is 1. The largest absolute Gasteiger partial charge is 0.503 e. The predicted octanol–water partition coefficient (Wildman–Crippen LogP) is 5.53. The van der Waals surface area contributed by atoms with Crippen molar-refractivity contribution in [1.82, 2.24) is 9.97 Å².